The van der Waals surface area contributed by atoms with E-state index in [2.05, 4.69) is 22.1 Å². The summed E-state index contributed by atoms with van der Waals surface area (Å²) >= 11 is 0. The van der Waals surface area contributed by atoms with Crippen molar-refractivity contribution in [3.05, 3.63) is 0 Å². The van der Waals surface area contributed by atoms with Gasteiger partial charge in [-0.15, -0.1) is 5.92 Å². The second kappa shape index (κ2) is 5.74. The van der Waals surface area contributed by atoms with Gasteiger partial charge in [-0.3, -0.25) is 9.69 Å². The minimum Gasteiger partial charge on any atom is -0.314 e. The summed E-state index contributed by atoms with van der Waals surface area (Å²) in [5, 5.41) is 3.25. The molecule has 0 saturated carbocycles. The van der Waals surface area contributed by atoms with Crippen LogP contribution in [-0.2, 0) is 4.79 Å². The van der Waals surface area contributed by atoms with E-state index in [4.69, 9.17) is 0 Å². The van der Waals surface area contributed by atoms with Crippen molar-refractivity contribution in [2.45, 2.75) is 13.3 Å². The summed E-state index contributed by atoms with van der Waals surface area (Å²) in [6.45, 7) is 6.27. The summed E-state index contributed by atoms with van der Waals surface area (Å²) in [7, 11) is 0. The second-order valence-corrected chi connectivity index (χ2v) is 3.17. The highest BCUT2D eigenvalue weighted by Crippen LogP contribution is 1.93. The van der Waals surface area contributed by atoms with Crippen LogP contribution in [-0.4, -0.2) is 43.4 Å². The molecule has 1 rings (SSSR count). The van der Waals surface area contributed by atoms with Crippen molar-refractivity contribution in [1.29, 1.82) is 0 Å². The highest BCUT2D eigenvalue weighted by atomic mass is 16.1. The third-order valence-corrected chi connectivity index (χ3v) is 2.07. The Kier molecular flexibility index (Phi) is 4.52. The molecule has 1 aliphatic heterocycles. The van der Waals surface area contributed by atoms with Crippen LogP contribution in [0.15, 0.2) is 0 Å². The third-order valence-electron chi connectivity index (χ3n) is 2.07. The molecule has 1 saturated heterocycles. The Bertz CT molecular complexity index is 221. The van der Waals surface area contributed by atoms with Crippen molar-refractivity contribution < 1.29 is 4.79 Å². The molecular formula is C10H16N2O. The Hall–Kier alpha value is -0.850. The van der Waals surface area contributed by atoms with Crippen molar-refractivity contribution in [1.82, 2.24) is 10.2 Å². The summed E-state index contributed by atoms with van der Waals surface area (Å²) in [5.41, 5.74) is 0. The number of nitrogens with zero attached hydrogens (tertiary/aromatic N) is 1. The molecule has 0 unspecified atom stereocenters. The number of piperazine rings is 1. The quantitative estimate of drug-likeness (QED) is 0.614. The van der Waals surface area contributed by atoms with E-state index in [0.717, 1.165) is 26.2 Å². The van der Waals surface area contributed by atoms with E-state index in [1.165, 1.54) is 0 Å². The summed E-state index contributed by atoms with van der Waals surface area (Å²) in [6.07, 6.45) is 0.403. The van der Waals surface area contributed by atoms with E-state index in [0.29, 0.717) is 13.0 Å². The Labute approximate surface area is 79.5 Å². The first-order valence-corrected chi connectivity index (χ1v) is 4.67. The molecular weight excluding hydrogens is 164 g/mol. The molecule has 0 aromatic carbocycles. The first-order chi connectivity index (χ1) is 6.33. The molecule has 1 heterocycles. The molecule has 1 N–H and O–H groups in total. The lowest BCUT2D eigenvalue weighted by Gasteiger charge is -2.26. The Morgan fingerprint density at radius 3 is 2.77 bits per heavy atom. The lowest BCUT2D eigenvalue weighted by molar-refractivity contribution is -0.119. The van der Waals surface area contributed by atoms with Crippen molar-refractivity contribution in [3.8, 4) is 11.8 Å². The maximum Gasteiger partial charge on any atom is 0.158 e. The largest absolute Gasteiger partial charge is 0.314 e. The van der Waals surface area contributed by atoms with Crippen molar-refractivity contribution in [2.24, 2.45) is 0 Å². The first-order valence-electron chi connectivity index (χ1n) is 4.67. The van der Waals surface area contributed by atoms with Gasteiger partial charge < -0.3 is 5.32 Å². The lowest BCUT2D eigenvalue weighted by Crippen LogP contribution is -2.45. The van der Waals surface area contributed by atoms with Crippen molar-refractivity contribution >= 4 is 5.78 Å². The molecule has 0 aliphatic carbocycles. The molecule has 72 valence electrons. The Morgan fingerprint density at radius 2 is 2.15 bits per heavy atom. The maximum atomic E-state index is 11.3. The zero-order chi connectivity index (χ0) is 9.52. The van der Waals surface area contributed by atoms with Crippen molar-refractivity contribution in [3.63, 3.8) is 0 Å². The van der Waals surface area contributed by atoms with Crippen LogP contribution in [0.1, 0.15) is 13.3 Å². The van der Waals surface area contributed by atoms with Gasteiger partial charge in [0.15, 0.2) is 5.78 Å². The molecule has 0 aromatic rings. The smallest absolute Gasteiger partial charge is 0.158 e. The molecule has 0 aromatic heterocycles. The predicted octanol–water partition coefficient (Wildman–Crippen LogP) is -0.126. The number of hydrogen-bond acceptors (Lipinski definition) is 3. The lowest BCUT2D eigenvalue weighted by atomic mass is 10.2. The summed E-state index contributed by atoms with van der Waals surface area (Å²) < 4.78 is 0. The molecule has 0 radical (unpaired) electrons. The molecule has 3 nitrogen and oxygen atoms in total. The fourth-order valence-corrected chi connectivity index (χ4v) is 1.36. The van der Waals surface area contributed by atoms with Crippen LogP contribution in [0.2, 0.25) is 0 Å². The predicted molar refractivity (Wildman–Crippen MR) is 52.4 cm³/mol. The first kappa shape index (κ1) is 10.2. The van der Waals surface area contributed by atoms with E-state index < -0.39 is 0 Å². The van der Waals surface area contributed by atoms with Crippen LogP contribution in [0, 0.1) is 11.8 Å². The SMILES string of the molecule is CC#CCC(=O)CN1CCNCC1. The summed E-state index contributed by atoms with van der Waals surface area (Å²) in [6, 6.07) is 0. The van der Waals surface area contributed by atoms with Gasteiger partial charge in [0.05, 0.1) is 13.0 Å². The van der Waals surface area contributed by atoms with Gasteiger partial charge in [0.2, 0.25) is 0 Å². The normalized spacial score (nSPS) is 17.6. The minimum atomic E-state index is 0.233. The van der Waals surface area contributed by atoms with Gasteiger partial charge in [0, 0.05) is 26.2 Å². The average Bonchev–Trinajstić information content (AvgIpc) is 2.16. The van der Waals surface area contributed by atoms with Crippen LogP contribution >= 0.6 is 0 Å². The highest BCUT2D eigenvalue weighted by Gasteiger charge is 2.12. The summed E-state index contributed by atoms with van der Waals surface area (Å²) in [5.74, 6) is 5.76. The molecule has 0 spiro atoms. The van der Waals surface area contributed by atoms with Gasteiger partial charge in [0.1, 0.15) is 0 Å². The average molecular weight is 180 g/mol. The molecule has 0 bridgehead atoms. The van der Waals surface area contributed by atoms with Gasteiger partial charge in [-0.25, -0.2) is 0 Å². The second-order valence-electron chi connectivity index (χ2n) is 3.17. The van der Waals surface area contributed by atoms with Gasteiger partial charge in [0.25, 0.3) is 0 Å². The molecule has 13 heavy (non-hydrogen) atoms. The molecule has 3 heteroatoms. The maximum absolute atomic E-state index is 11.3. The fourth-order valence-electron chi connectivity index (χ4n) is 1.36. The van der Waals surface area contributed by atoms with Crippen molar-refractivity contribution in [2.75, 3.05) is 32.7 Å². The third kappa shape index (κ3) is 4.07. The highest BCUT2D eigenvalue weighted by molar-refractivity contribution is 5.82. The van der Waals surface area contributed by atoms with Crippen LogP contribution in [0.5, 0.6) is 0 Å². The minimum absolute atomic E-state index is 0.233. The summed E-state index contributed by atoms with van der Waals surface area (Å²) in [4.78, 5) is 13.5. The molecule has 1 aliphatic rings. The van der Waals surface area contributed by atoms with E-state index in [9.17, 15) is 4.79 Å². The van der Waals surface area contributed by atoms with Gasteiger partial charge in [-0.2, -0.15) is 0 Å². The number of rotatable bonds is 3. The zero-order valence-electron chi connectivity index (χ0n) is 8.10. The van der Waals surface area contributed by atoms with Gasteiger partial charge in [-0.05, 0) is 6.92 Å². The fraction of sp³-hybridized carbons (Fsp3) is 0.700. The van der Waals surface area contributed by atoms with Crippen LogP contribution in [0.25, 0.3) is 0 Å². The van der Waals surface area contributed by atoms with E-state index in [-0.39, 0.29) is 5.78 Å². The molecule has 0 atom stereocenters. The van der Waals surface area contributed by atoms with Gasteiger partial charge in [-0.1, -0.05) is 5.92 Å². The molecule has 1 fully saturated rings. The number of ketones is 1. The van der Waals surface area contributed by atoms with E-state index in [1.54, 1.807) is 6.92 Å². The zero-order valence-corrected chi connectivity index (χ0v) is 8.10. The monoisotopic (exact) mass is 180 g/mol. The molecule has 0 amide bonds. The van der Waals surface area contributed by atoms with Crippen LogP contribution in [0.4, 0.5) is 0 Å². The Morgan fingerprint density at radius 1 is 1.46 bits per heavy atom. The number of Topliss-reactive ketones (excluding diaryl/α,β-unsaturated/α-hetero) is 1. The number of nitrogens with one attached hydrogen (secondary N) is 1. The number of hydrogen-bond donors (Lipinski definition) is 1. The number of carbonyl (C=O) groups excluding carboxylic acids is 1. The van der Waals surface area contributed by atoms with E-state index in [1.807, 2.05) is 0 Å². The Balaban J connectivity index is 2.20. The van der Waals surface area contributed by atoms with Crippen LogP contribution < -0.4 is 5.32 Å². The topological polar surface area (TPSA) is 32.3 Å². The van der Waals surface area contributed by atoms with Crippen LogP contribution in [0.3, 0.4) is 0 Å². The van der Waals surface area contributed by atoms with Gasteiger partial charge >= 0.3 is 0 Å². The number of carbonyl (C=O) groups is 1. The van der Waals surface area contributed by atoms with E-state index >= 15 is 0 Å². The standard InChI is InChI=1S/C10H16N2O/c1-2-3-4-10(13)9-12-7-5-11-6-8-12/h11H,4-9H2,1H3.